The molecule has 1 heterocycles. The van der Waals surface area contributed by atoms with Crippen LogP contribution in [0, 0.1) is 0 Å². The third-order valence-electron chi connectivity index (χ3n) is 2.50. The Balaban J connectivity index is 2.38. The van der Waals surface area contributed by atoms with Crippen LogP contribution in [0.2, 0.25) is 0 Å². The molecule has 1 saturated heterocycles. The molecule has 1 fully saturated rings. The van der Waals surface area contributed by atoms with Crippen molar-refractivity contribution in [1.29, 1.82) is 0 Å². The summed E-state index contributed by atoms with van der Waals surface area (Å²) in [6, 6.07) is -1.16. The molecule has 1 unspecified atom stereocenters. The van der Waals surface area contributed by atoms with Gasteiger partial charge in [0.2, 0.25) is 5.91 Å². The predicted octanol–water partition coefficient (Wildman–Crippen LogP) is -0.968. The molecule has 4 N–H and O–H groups in total. The summed E-state index contributed by atoms with van der Waals surface area (Å²) in [4.78, 5) is 22.4. The third-order valence-corrected chi connectivity index (χ3v) is 3.63. The number of aliphatic hydroxyl groups excluding tert-OH is 1. The molecular formula is C10H18N2O4S. The molecule has 6 nitrogen and oxygen atoms in total. The van der Waals surface area contributed by atoms with E-state index in [9.17, 15) is 14.7 Å². The minimum absolute atomic E-state index is 0.0807. The molecule has 1 rings (SSSR count). The Labute approximate surface area is 104 Å². The van der Waals surface area contributed by atoms with Crippen LogP contribution in [0.5, 0.6) is 0 Å². The minimum atomic E-state index is -1.24. The van der Waals surface area contributed by atoms with Gasteiger partial charge in [0.15, 0.2) is 6.04 Å². The molecule has 3 atom stereocenters. The summed E-state index contributed by atoms with van der Waals surface area (Å²) >= 11 is 1.77. The summed E-state index contributed by atoms with van der Waals surface area (Å²) < 4.78 is 0. The van der Waals surface area contributed by atoms with E-state index in [1.54, 1.807) is 11.8 Å². The molecule has 98 valence electrons. The van der Waals surface area contributed by atoms with Crippen LogP contribution in [0.15, 0.2) is 0 Å². The molecule has 1 amide bonds. The number of carbonyl (C=O) groups excluding carboxylic acids is 1. The van der Waals surface area contributed by atoms with Crippen molar-refractivity contribution in [2.45, 2.75) is 31.5 Å². The largest absolute Gasteiger partial charge is 0.480 e. The van der Waals surface area contributed by atoms with Crippen molar-refractivity contribution >= 4 is 23.6 Å². The molecule has 0 aliphatic carbocycles. The zero-order chi connectivity index (χ0) is 12.8. The van der Waals surface area contributed by atoms with Gasteiger partial charge in [-0.05, 0) is 6.92 Å². The van der Waals surface area contributed by atoms with Crippen LogP contribution in [0.4, 0.5) is 0 Å². The molecule has 0 aromatic rings. The lowest BCUT2D eigenvalue weighted by molar-refractivity contribution is -0.144. The Bertz CT molecular complexity index is 279. The first kappa shape index (κ1) is 14.3. The Morgan fingerprint density at radius 3 is 2.76 bits per heavy atom. The molecule has 0 spiro atoms. The highest BCUT2D eigenvalue weighted by Crippen LogP contribution is 2.10. The molecule has 0 radical (unpaired) electrons. The van der Waals surface area contributed by atoms with Gasteiger partial charge in [-0.3, -0.25) is 4.79 Å². The highest BCUT2D eigenvalue weighted by atomic mass is 32.2. The number of rotatable bonds is 5. The molecule has 0 aromatic heterocycles. The SMILES string of the molecule is C[C@@H](O)[C@H](NC(=O)CC1CSCCN1)C(=O)O. The van der Waals surface area contributed by atoms with E-state index in [0.29, 0.717) is 0 Å². The van der Waals surface area contributed by atoms with Crippen LogP contribution in [-0.2, 0) is 9.59 Å². The smallest absolute Gasteiger partial charge is 0.328 e. The Morgan fingerprint density at radius 2 is 2.29 bits per heavy atom. The van der Waals surface area contributed by atoms with E-state index < -0.39 is 18.1 Å². The van der Waals surface area contributed by atoms with Gasteiger partial charge in [-0.1, -0.05) is 0 Å². The number of nitrogens with one attached hydrogen (secondary N) is 2. The van der Waals surface area contributed by atoms with Crippen molar-refractivity contribution in [3.8, 4) is 0 Å². The summed E-state index contributed by atoms with van der Waals surface area (Å²) in [5.41, 5.74) is 0. The summed E-state index contributed by atoms with van der Waals surface area (Å²) in [5, 5.41) is 23.5. The molecule has 1 aliphatic heterocycles. The average Bonchev–Trinajstić information content (AvgIpc) is 2.26. The lowest BCUT2D eigenvalue weighted by atomic mass is 10.1. The first-order valence-electron chi connectivity index (χ1n) is 5.52. The number of carboxylic acids is 1. The summed E-state index contributed by atoms with van der Waals surface area (Å²) in [6.07, 6.45) is -0.867. The number of carbonyl (C=O) groups is 2. The molecular weight excluding hydrogens is 244 g/mol. The number of thioether (sulfide) groups is 1. The van der Waals surface area contributed by atoms with Crippen molar-refractivity contribution in [1.82, 2.24) is 10.6 Å². The maximum Gasteiger partial charge on any atom is 0.328 e. The van der Waals surface area contributed by atoms with Crippen molar-refractivity contribution in [3.63, 3.8) is 0 Å². The van der Waals surface area contributed by atoms with Crippen molar-refractivity contribution in [2.75, 3.05) is 18.1 Å². The average molecular weight is 262 g/mol. The molecule has 0 bridgehead atoms. The number of hydrogen-bond acceptors (Lipinski definition) is 5. The normalized spacial score (nSPS) is 23.8. The van der Waals surface area contributed by atoms with E-state index in [2.05, 4.69) is 10.6 Å². The van der Waals surface area contributed by atoms with Gasteiger partial charge in [0, 0.05) is 30.5 Å². The van der Waals surface area contributed by atoms with Gasteiger partial charge < -0.3 is 20.8 Å². The topological polar surface area (TPSA) is 98.7 Å². The summed E-state index contributed by atoms with van der Waals surface area (Å²) in [5.74, 6) is 0.307. The standard InChI is InChI=1S/C10H18N2O4S/c1-6(13)9(10(15)16)12-8(14)4-7-5-17-3-2-11-7/h6-7,9,11,13H,2-5H2,1H3,(H,12,14)(H,15,16)/t6-,7?,9+/m1/s1. The Morgan fingerprint density at radius 1 is 1.59 bits per heavy atom. The Hall–Kier alpha value is -0.790. The summed E-state index contributed by atoms with van der Waals surface area (Å²) in [7, 11) is 0. The van der Waals surface area contributed by atoms with Crippen LogP contribution in [0.1, 0.15) is 13.3 Å². The number of aliphatic hydroxyl groups is 1. The molecule has 0 saturated carbocycles. The fourth-order valence-electron chi connectivity index (χ4n) is 1.60. The molecule has 7 heteroatoms. The first-order chi connectivity index (χ1) is 8.00. The zero-order valence-corrected chi connectivity index (χ0v) is 10.5. The maximum atomic E-state index is 11.6. The van der Waals surface area contributed by atoms with E-state index in [0.717, 1.165) is 18.1 Å². The lowest BCUT2D eigenvalue weighted by Gasteiger charge is -2.24. The minimum Gasteiger partial charge on any atom is -0.480 e. The predicted molar refractivity (Wildman–Crippen MR) is 65.0 cm³/mol. The van der Waals surface area contributed by atoms with E-state index >= 15 is 0 Å². The summed E-state index contributed by atoms with van der Waals surface area (Å²) in [6.45, 7) is 2.20. The second-order valence-electron chi connectivity index (χ2n) is 4.05. The number of carboxylic acid groups (broad SMARTS) is 1. The Kier molecular flexibility index (Phi) is 5.73. The fraction of sp³-hybridized carbons (Fsp3) is 0.800. The second-order valence-corrected chi connectivity index (χ2v) is 5.20. The fourth-order valence-corrected chi connectivity index (χ4v) is 2.54. The number of amides is 1. The maximum absolute atomic E-state index is 11.6. The third kappa shape index (κ3) is 4.93. The quantitative estimate of drug-likeness (QED) is 0.509. The van der Waals surface area contributed by atoms with E-state index in [1.165, 1.54) is 6.92 Å². The zero-order valence-electron chi connectivity index (χ0n) is 9.68. The van der Waals surface area contributed by atoms with Gasteiger partial charge in [-0.2, -0.15) is 11.8 Å². The van der Waals surface area contributed by atoms with Gasteiger partial charge in [-0.15, -0.1) is 0 Å². The second kappa shape index (κ2) is 6.83. The van der Waals surface area contributed by atoms with Crippen molar-refractivity contribution < 1.29 is 19.8 Å². The van der Waals surface area contributed by atoms with Crippen molar-refractivity contribution in [2.24, 2.45) is 0 Å². The van der Waals surface area contributed by atoms with E-state index in [1.807, 2.05) is 0 Å². The number of aliphatic carboxylic acids is 1. The van der Waals surface area contributed by atoms with Crippen LogP contribution in [0.25, 0.3) is 0 Å². The van der Waals surface area contributed by atoms with Gasteiger partial charge >= 0.3 is 5.97 Å². The molecule has 17 heavy (non-hydrogen) atoms. The van der Waals surface area contributed by atoms with Crippen LogP contribution in [-0.4, -0.2) is 58.3 Å². The highest BCUT2D eigenvalue weighted by molar-refractivity contribution is 7.99. The number of hydrogen-bond donors (Lipinski definition) is 4. The van der Waals surface area contributed by atoms with Crippen LogP contribution >= 0.6 is 11.8 Å². The van der Waals surface area contributed by atoms with E-state index in [4.69, 9.17) is 5.11 Å². The van der Waals surface area contributed by atoms with Gasteiger partial charge in [0.05, 0.1) is 6.10 Å². The van der Waals surface area contributed by atoms with Crippen molar-refractivity contribution in [3.05, 3.63) is 0 Å². The molecule has 0 aromatic carbocycles. The van der Waals surface area contributed by atoms with E-state index in [-0.39, 0.29) is 18.4 Å². The highest BCUT2D eigenvalue weighted by Gasteiger charge is 2.26. The monoisotopic (exact) mass is 262 g/mol. The first-order valence-corrected chi connectivity index (χ1v) is 6.67. The molecule has 1 aliphatic rings. The van der Waals surface area contributed by atoms with Gasteiger partial charge in [-0.25, -0.2) is 4.79 Å². The van der Waals surface area contributed by atoms with Crippen LogP contribution < -0.4 is 10.6 Å². The van der Waals surface area contributed by atoms with Crippen LogP contribution in [0.3, 0.4) is 0 Å². The van der Waals surface area contributed by atoms with Gasteiger partial charge in [0.25, 0.3) is 0 Å². The van der Waals surface area contributed by atoms with Gasteiger partial charge in [0.1, 0.15) is 0 Å². The lowest BCUT2D eigenvalue weighted by Crippen LogP contribution is -2.50.